The number of aryl methyl sites for hydroxylation is 2. The Labute approximate surface area is 252 Å². The summed E-state index contributed by atoms with van der Waals surface area (Å²) in [6.07, 6.45) is 4.72. The second kappa shape index (κ2) is 12.9. The summed E-state index contributed by atoms with van der Waals surface area (Å²) in [5.41, 5.74) is 7.76. The lowest BCUT2D eigenvalue weighted by Gasteiger charge is -2.31. The van der Waals surface area contributed by atoms with Crippen LogP contribution in [0.3, 0.4) is 0 Å². The van der Waals surface area contributed by atoms with Gasteiger partial charge in [-0.2, -0.15) is 4.98 Å². The molecule has 0 aliphatic carbocycles. The van der Waals surface area contributed by atoms with Gasteiger partial charge in [-0.1, -0.05) is 24.1 Å². The SMILES string of the molecule is CC#CCn1c(N2CCC[C@@H](N)C2)nc2c1c(=O)n(Cc1nc(C)c3ccccc3n1)c(=O)n2C.O=C(O)c1cccnc1. The van der Waals surface area contributed by atoms with Crippen molar-refractivity contribution in [2.24, 2.45) is 12.8 Å². The zero-order valence-corrected chi connectivity index (χ0v) is 24.8. The number of pyridine rings is 1. The molecule has 1 aliphatic heterocycles. The quantitative estimate of drug-likeness (QED) is 0.287. The van der Waals surface area contributed by atoms with E-state index in [0.717, 1.165) is 36.0 Å². The fraction of sp³-hybridized carbons (Fsp3) is 0.323. The molecule has 3 N–H and O–H groups in total. The average Bonchev–Trinajstić information content (AvgIpc) is 3.41. The van der Waals surface area contributed by atoms with Gasteiger partial charge in [-0.3, -0.25) is 23.5 Å². The minimum Gasteiger partial charge on any atom is -0.478 e. The number of carboxylic acids is 1. The van der Waals surface area contributed by atoms with Crippen molar-refractivity contribution in [2.45, 2.75) is 45.8 Å². The normalized spacial score (nSPS) is 14.5. The molecule has 0 saturated carbocycles. The molecule has 4 aromatic heterocycles. The molecule has 0 unspecified atom stereocenters. The molecule has 13 nitrogen and oxygen atoms in total. The Bertz CT molecular complexity index is 2020. The Kier molecular flexibility index (Phi) is 8.82. The largest absolute Gasteiger partial charge is 0.478 e. The first-order valence-corrected chi connectivity index (χ1v) is 14.1. The predicted octanol–water partition coefficient (Wildman–Crippen LogP) is 1.93. The molecule has 44 heavy (non-hydrogen) atoms. The molecule has 0 bridgehead atoms. The monoisotopic (exact) mass is 595 g/mol. The van der Waals surface area contributed by atoms with Crippen LogP contribution in [-0.2, 0) is 20.1 Å². The summed E-state index contributed by atoms with van der Waals surface area (Å²) in [6.45, 7) is 5.31. The number of aromatic nitrogens is 7. The van der Waals surface area contributed by atoms with Gasteiger partial charge in [0, 0.05) is 49.7 Å². The maximum Gasteiger partial charge on any atom is 0.337 e. The molecular weight excluding hydrogens is 562 g/mol. The maximum atomic E-state index is 13.7. The van der Waals surface area contributed by atoms with Crippen molar-refractivity contribution in [3.63, 3.8) is 0 Å². The fourth-order valence-electron chi connectivity index (χ4n) is 5.24. The van der Waals surface area contributed by atoms with Crippen LogP contribution in [0.1, 0.15) is 41.6 Å². The van der Waals surface area contributed by atoms with Gasteiger partial charge >= 0.3 is 11.7 Å². The Hall–Kier alpha value is -5.35. The molecule has 5 heterocycles. The average molecular weight is 596 g/mol. The number of piperidine rings is 1. The van der Waals surface area contributed by atoms with Crippen molar-refractivity contribution >= 4 is 34.0 Å². The summed E-state index contributed by atoms with van der Waals surface area (Å²) in [5, 5.41) is 9.28. The first kappa shape index (κ1) is 30.1. The van der Waals surface area contributed by atoms with Crippen molar-refractivity contribution in [3.05, 3.63) is 86.7 Å². The van der Waals surface area contributed by atoms with E-state index in [-0.39, 0.29) is 24.7 Å². The van der Waals surface area contributed by atoms with Gasteiger partial charge in [0.2, 0.25) is 5.95 Å². The van der Waals surface area contributed by atoms with E-state index in [1.807, 2.05) is 31.2 Å². The van der Waals surface area contributed by atoms with E-state index in [2.05, 4.69) is 31.7 Å². The molecule has 0 amide bonds. The molecule has 226 valence electrons. The molecule has 1 fully saturated rings. The highest BCUT2D eigenvalue weighted by Crippen LogP contribution is 2.23. The summed E-state index contributed by atoms with van der Waals surface area (Å²) in [5.74, 6) is 6.01. The molecule has 1 aliphatic rings. The third-order valence-electron chi connectivity index (χ3n) is 7.42. The number of benzene rings is 1. The number of anilines is 1. The highest BCUT2D eigenvalue weighted by Gasteiger charge is 2.26. The van der Waals surface area contributed by atoms with Crippen LogP contribution in [0, 0.1) is 18.8 Å². The highest BCUT2D eigenvalue weighted by molar-refractivity contribution is 5.87. The number of carbonyl (C=O) groups is 1. The van der Waals surface area contributed by atoms with Gasteiger partial charge in [0.05, 0.1) is 24.2 Å². The molecule has 1 atom stereocenters. The minimum atomic E-state index is -0.942. The zero-order valence-electron chi connectivity index (χ0n) is 24.8. The van der Waals surface area contributed by atoms with Crippen LogP contribution in [0.2, 0.25) is 0 Å². The lowest BCUT2D eigenvalue weighted by atomic mass is 10.1. The molecular formula is C31H33N9O4. The van der Waals surface area contributed by atoms with Crippen LogP contribution in [0.5, 0.6) is 0 Å². The summed E-state index contributed by atoms with van der Waals surface area (Å²) in [6, 6.07) is 10.8. The Morgan fingerprint density at radius 2 is 1.91 bits per heavy atom. The molecule has 6 rings (SSSR count). The van der Waals surface area contributed by atoms with E-state index >= 15 is 0 Å². The van der Waals surface area contributed by atoms with Gasteiger partial charge < -0.3 is 15.7 Å². The topological polar surface area (TPSA) is 167 Å². The lowest BCUT2D eigenvalue weighted by molar-refractivity contribution is 0.0696. The van der Waals surface area contributed by atoms with Gasteiger partial charge in [-0.25, -0.2) is 19.6 Å². The fourth-order valence-corrected chi connectivity index (χ4v) is 5.24. The number of nitrogens with two attached hydrogens (primary N) is 1. The minimum absolute atomic E-state index is 0.0306. The van der Waals surface area contributed by atoms with Gasteiger partial charge in [-0.15, -0.1) is 5.92 Å². The van der Waals surface area contributed by atoms with Gasteiger partial charge in [0.15, 0.2) is 11.2 Å². The molecule has 1 saturated heterocycles. The predicted molar refractivity (Wildman–Crippen MR) is 167 cm³/mol. The zero-order chi connectivity index (χ0) is 31.4. The summed E-state index contributed by atoms with van der Waals surface area (Å²) in [7, 11) is 1.63. The van der Waals surface area contributed by atoms with E-state index in [1.165, 1.54) is 27.6 Å². The van der Waals surface area contributed by atoms with Crippen molar-refractivity contribution in [3.8, 4) is 11.8 Å². The number of hydrogen-bond donors (Lipinski definition) is 2. The van der Waals surface area contributed by atoms with Gasteiger partial charge in [-0.05, 0) is 44.9 Å². The molecule has 0 radical (unpaired) electrons. The van der Waals surface area contributed by atoms with Crippen LogP contribution in [-0.4, -0.2) is 63.8 Å². The van der Waals surface area contributed by atoms with Crippen molar-refractivity contribution in [2.75, 3.05) is 18.0 Å². The molecule has 13 heteroatoms. The number of fused-ring (bicyclic) bond motifs is 2. The number of hydrogen-bond acceptors (Lipinski definition) is 9. The van der Waals surface area contributed by atoms with Crippen LogP contribution < -0.4 is 21.9 Å². The number of carboxylic acid groups (broad SMARTS) is 1. The first-order chi connectivity index (χ1) is 21.2. The third-order valence-corrected chi connectivity index (χ3v) is 7.42. The molecule has 0 spiro atoms. The molecule has 1 aromatic carbocycles. The van der Waals surface area contributed by atoms with E-state index in [4.69, 9.17) is 15.8 Å². The van der Waals surface area contributed by atoms with E-state index in [0.29, 0.717) is 29.5 Å². The Morgan fingerprint density at radius 3 is 2.59 bits per heavy atom. The third kappa shape index (κ3) is 6.06. The summed E-state index contributed by atoms with van der Waals surface area (Å²) in [4.78, 5) is 56.8. The number of rotatable bonds is 5. The van der Waals surface area contributed by atoms with Crippen molar-refractivity contribution in [1.82, 2.24) is 33.6 Å². The second-order valence-electron chi connectivity index (χ2n) is 10.5. The van der Waals surface area contributed by atoms with Gasteiger partial charge in [0.25, 0.3) is 5.56 Å². The van der Waals surface area contributed by atoms with Crippen LogP contribution in [0.25, 0.3) is 22.1 Å². The van der Waals surface area contributed by atoms with Crippen LogP contribution in [0.4, 0.5) is 5.95 Å². The number of aromatic carboxylic acids is 1. The van der Waals surface area contributed by atoms with Crippen molar-refractivity contribution in [1.29, 1.82) is 0 Å². The Morgan fingerprint density at radius 1 is 1.11 bits per heavy atom. The summed E-state index contributed by atoms with van der Waals surface area (Å²) >= 11 is 0. The van der Waals surface area contributed by atoms with E-state index in [1.54, 1.807) is 24.6 Å². The van der Waals surface area contributed by atoms with Gasteiger partial charge in [0.1, 0.15) is 5.82 Å². The smallest absolute Gasteiger partial charge is 0.337 e. The lowest BCUT2D eigenvalue weighted by Crippen LogP contribution is -2.44. The molecule has 5 aromatic rings. The maximum absolute atomic E-state index is 13.7. The van der Waals surface area contributed by atoms with Crippen molar-refractivity contribution < 1.29 is 9.90 Å². The van der Waals surface area contributed by atoms with Crippen LogP contribution in [0.15, 0.2) is 58.4 Å². The second-order valence-corrected chi connectivity index (χ2v) is 10.5. The van der Waals surface area contributed by atoms with E-state index in [9.17, 15) is 14.4 Å². The number of nitrogens with zero attached hydrogens (tertiary/aromatic N) is 8. The standard InChI is InChI=1S/C25H28N8O2.C6H5NO2/c1-4-5-13-32-21-22(29-24(32)31-12-8-9-17(26)14-31)30(3)25(35)33(23(21)34)15-20-27-16(2)18-10-6-7-11-19(18)28-20;8-6(9)5-2-1-3-7-4-5/h6-7,10-11,17H,8-9,12-15,26H2,1-3H3;1-4H,(H,8,9)/t17-;/m1./s1. The number of imidazole rings is 1. The number of para-hydroxylation sites is 1. The first-order valence-electron chi connectivity index (χ1n) is 14.1. The highest BCUT2D eigenvalue weighted by atomic mass is 16.4. The Balaban J connectivity index is 0.000000367. The van der Waals surface area contributed by atoms with Crippen LogP contribution >= 0.6 is 0 Å². The summed E-state index contributed by atoms with van der Waals surface area (Å²) < 4.78 is 4.39. The van der Waals surface area contributed by atoms with E-state index < -0.39 is 17.2 Å².